The van der Waals surface area contributed by atoms with E-state index in [0.717, 1.165) is 6.42 Å². The highest BCUT2D eigenvalue weighted by Crippen LogP contribution is 2.25. The van der Waals surface area contributed by atoms with E-state index in [0.29, 0.717) is 6.42 Å². The van der Waals surface area contributed by atoms with E-state index in [4.69, 9.17) is 46.0 Å². The molecule has 1 N–H and O–H groups in total. The topological polar surface area (TPSA) is 63.6 Å². The lowest BCUT2D eigenvalue weighted by atomic mass is 10.2. The zero-order valence-electron chi connectivity index (χ0n) is 10.4. The van der Waals surface area contributed by atoms with Gasteiger partial charge < -0.3 is 9.84 Å². The first kappa shape index (κ1) is 15.5. The highest BCUT2D eigenvalue weighted by Gasteiger charge is 2.30. The summed E-state index contributed by atoms with van der Waals surface area (Å²) in [4.78, 5) is 9.62. The van der Waals surface area contributed by atoms with Crippen molar-refractivity contribution in [1.82, 2.24) is 0 Å². The first-order valence-electron chi connectivity index (χ1n) is 5.37. The van der Waals surface area contributed by atoms with Crippen LogP contribution in [0.4, 0.5) is 0 Å². The fraction of sp³-hybridized carbons (Fsp3) is 0.889. The summed E-state index contributed by atoms with van der Waals surface area (Å²) in [5.41, 5.74) is 0. The van der Waals surface area contributed by atoms with Gasteiger partial charge in [0.2, 0.25) is 0 Å². The Morgan fingerprint density at radius 3 is 2.35 bits per heavy atom. The molecule has 102 valence electrons. The van der Waals surface area contributed by atoms with E-state index in [1.165, 1.54) is 0 Å². The molecule has 0 amide bonds. The van der Waals surface area contributed by atoms with Crippen LogP contribution in [-0.2, 0) is 20.3 Å². The summed E-state index contributed by atoms with van der Waals surface area (Å²) in [7, 11) is -0.837. The van der Waals surface area contributed by atoms with Gasteiger partial charge in [-0.2, -0.15) is 0 Å². The summed E-state index contributed by atoms with van der Waals surface area (Å²) in [5, 5.41) is 7.94. The van der Waals surface area contributed by atoms with Crippen LogP contribution in [0.2, 0.25) is 0 Å². The molecule has 1 saturated heterocycles. The van der Waals surface area contributed by atoms with Gasteiger partial charge in [0.1, 0.15) is 0 Å². The van der Waals surface area contributed by atoms with Crippen LogP contribution in [0, 0.1) is 0 Å². The van der Waals surface area contributed by atoms with E-state index in [-0.39, 0.29) is 11.4 Å². The van der Waals surface area contributed by atoms with Crippen molar-refractivity contribution in [2.75, 3.05) is 12.8 Å². The van der Waals surface area contributed by atoms with Crippen molar-refractivity contribution < 1.29 is 20.2 Å². The standard InChI is InChI=1S/C7H14O2S.C2HCl3O2/c1-3-6-7(10(2)8)4-5-9-6;3-2(4,5)1(6)7/h6-7H,3-5H2,1-2H3;(H,6,7)/t6-,7?,10?;/m1./s1/i5T;/t5-,6+,7?,10?;/m0.. The molecule has 2 unspecified atom stereocenters. The van der Waals surface area contributed by atoms with Gasteiger partial charge in [0.15, 0.2) is 0 Å². The van der Waals surface area contributed by atoms with Gasteiger partial charge in [0.05, 0.1) is 12.7 Å². The highest BCUT2D eigenvalue weighted by molar-refractivity contribution is 7.85. The van der Waals surface area contributed by atoms with Crippen LogP contribution in [0.15, 0.2) is 0 Å². The average Bonchev–Trinajstić information content (AvgIpc) is 2.59. The van der Waals surface area contributed by atoms with E-state index >= 15 is 0 Å². The van der Waals surface area contributed by atoms with Crippen molar-refractivity contribution >= 4 is 51.6 Å². The third-order valence-electron chi connectivity index (χ3n) is 2.09. The van der Waals surface area contributed by atoms with Crippen LogP contribution in [0.5, 0.6) is 0 Å². The Kier molecular flexibility index (Phi) is 7.11. The maximum absolute atomic E-state index is 11.1. The van der Waals surface area contributed by atoms with Crippen molar-refractivity contribution in [3.05, 3.63) is 0 Å². The smallest absolute Gasteiger partial charge is 0.356 e. The van der Waals surface area contributed by atoms with Crippen molar-refractivity contribution in [2.24, 2.45) is 0 Å². The zero-order valence-corrected chi connectivity index (χ0v) is 12.4. The maximum atomic E-state index is 11.1. The number of hydrogen-bond acceptors (Lipinski definition) is 3. The molecule has 17 heavy (non-hydrogen) atoms. The first-order valence-corrected chi connectivity index (χ1v) is 7.55. The van der Waals surface area contributed by atoms with Gasteiger partial charge in [-0.25, -0.2) is 4.79 Å². The maximum Gasteiger partial charge on any atom is 0.356 e. The molecule has 0 aliphatic carbocycles. The number of carboxylic acids is 1. The Hall–Kier alpha value is 0.450. The third-order valence-corrected chi connectivity index (χ3v) is 3.92. The number of alkyl halides is 3. The minimum Gasteiger partial charge on any atom is -0.478 e. The molecule has 0 aromatic heterocycles. The summed E-state index contributed by atoms with van der Waals surface area (Å²) in [6.07, 6.45) is 3.22. The van der Waals surface area contributed by atoms with Gasteiger partial charge in [-0.1, -0.05) is 41.7 Å². The van der Waals surface area contributed by atoms with Crippen LogP contribution in [0.1, 0.15) is 21.1 Å². The first-order chi connectivity index (χ1) is 8.09. The second-order valence-corrected chi connectivity index (χ2v) is 7.21. The van der Waals surface area contributed by atoms with Crippen molar-refractivity contribution in [2.45, 2.75) is 34.9 Å². The van der Waals surface area contributed by atoms with Crippen LogP contribution in [0.3, 0.4) is 0 Å². The van der Waals surface area contributed by atoms with Crippen molar-refractivity contribution in [3.8, 4) is 0 Å². The van der Waals surface area contributed by atoms with Crippen molar-refractivity contribution in [1.29, 1.82) is 0 Å². The molecule has 0 bridgehead atoms. The Bertz CT molecular complexity index is 311. The summed E-state index contributed by atoms with van der Waals surface area (Å²) in [5.74, 6) is -1.46. The molecule has 1 heterocycles. The Morgan fingerprint density at radius 1 is 1.65 bits per heavy atom. The zero-order chi connectivity index (χ0) is 14.5. The molecule has 0 saturated carbocycles. The molecule has 0 spiro atoms. The highest BCUT2D eigenvalue weighted by atomic mass is 35.6. The molecule has 1 fully saturated rings. The van der Waals surface area contributed by atoms with Gasteiger partial charge in [0.25, 0.3) is 3.79 Å². The van der Waals surface area contributed by atoms with Crippen LogP contribution in [0.25, 0.3) is 0 Å². The van der Waals surface area contributed by atoms with Gasteiger partial charge in [-0.3, -0.25) is 4.21 Å². The number of ether oxygens (including phenoxy) is 1. The fourth-order valence-electron chi connectivity index (χ4n) is 1.22. The minimum absolute atomic E-state index is 0.0448. The molecular formula is C9H15Cl3O4S. The van der Waals surface area contributed by atoms with Crippen LogP contribution < -0.4 is 0 Å². The van der Waals surface area contributed by atoms with E-state index in [1.807, 2.05) is 6.92 Å². The molecular weight excluding hydrogens is 311 g/mol. The molecule has 4 atom stereocenters. The number of carboxylic acid groups (broad SMARTS) is 1. The number of carbonyl (C=O) groups is 1. The monoisotopic (exact) mass is 326 g/mol. The predicted octanol–water partition coefficient (Wildman–Crippen LogP) is 2.37. The molecule has 0 aromatic carbocycles. The van der Waals surface area contributed by atoms with E-state index in [1.54, 1.807) is 6.26 Å². The van der Waals surface area contributed by atoms with E-state index in [2.05, 4.69) is 0 Å². The normalized spacial score (nSPS) is 31.1. The Labute approximate surface area is 119 Å². The SMILES string of the molecule is O=C(O)C(Cl)(Cl)Cl.[3H][C@H]1CC(S(C)=O)[C@@H](CC)O1. The predicted molar refractivity (Wildman–Crippen MR) is 70.4 cm³/mol. The van der Waals surface area contributed by atoms with Gasteiger partial charge in [0, 0.05) is 23.6 Å². The molecule has 4 nitrogen and oxygen atoms in total. The lowest BCUT2D eigenvalue weighted by Gasteiger charge is -2.12. The lowest BCUT2D eigenvalue weighted by Crippen LogP contribution is -2.24. The molecule has 1 aliphatic rings. The van der Waals surface area contributed by atoms with Crippen LogP contribution >= 0.6 is 34.8 Å². The molecule has 8 heteroatoms. The lowest BCUT2D eigenvalue weighted by molar-refractivity contribution is -0.135. The number of aliphatic carboxylic acids is 1. The summed E-state index contributed by atoms with van der Waals surface area (Å²) in [6.45, 7) is 1.55. The largest absolute Gasteiger partial charge is 0.478 e. The Balaban J connectivity index is 0.000000360. The number of halogens is 3. The summed E-state index contributed by atoms with van der Waals surface area (Å²) >= 11 is 14.4. The van der Waals surface area contributed by atoms with Crippen LogP contribution in [-0.4, -0.2) is 43.3 Å². The second kappa shape index (κ2) is 7.79. The van der Waals surface area contributed by atoms with E-state index in [9.17, 15) is 9.00 Å². The summed E-state index contributed by atoms with van der Waals surface area (Å²) in [6, 6.07) is 0. The van der Waals surface area contributed by atoms with Crippen molar-refractivity contribution in [3.63, 3.8) is 0 Å². The summed E-state index contributed by atoms with van der Waals surface area (Å²) < 4.78 is 21.5. The molecule has 0 aromatic rings. The fourth-order valence-corrected chi connectivity index (χ4v) is 2.26. The second-order valence-electron chi connectivity index (χ2n) is 3.33. The van der Waals surface area contributed by atoms with Gasteiger partial charge in [-0.05, 0) is 12.8 Å². The average molecular weight is 328 g/mol. The molecule has 0 radical (unpaired) electrons. The van der Waals surface area contributed by atoms with E-state index < -0.39 is 27.1 Å². The molecule has 1 rings (SSSR count). The quantitative estimate of drug-likeness (QED) is 0.791. The number of rotatable bonds is 2. The minimum atomic E-state index is -2.17. The van der Waals surface area contributed by atoms with Gasteiger partial charge in [-0.15, -0.1) is 0 Å². The number of hydrogen-bond donors (Lipinski definition) is 1. The third kappa shape index (κ3) is 6.82. The van der Waals surface area contributed by atoms with Gasteiger partial charge >= 0.3 is 5.97 Å². The Morgan fingerprint density at radius 2 is 2.12 bits per heavy atom. The molecule has 1 aliphatic heterocycles.